The van der Waals surface area contributed by atoms with Gasteiger partial charge in [0, 0.05) is 11.2 Å². The second kappa shape index (κ2) is 7.01. The van der Waals surface area contributed by atoms with Crippen molar-refractivity contribution in [2.75, 3.05) is 6.61 Å². The first-order valence-electron chi connectivity index (χ1n) is 5.74. The Hall–Kier alpha value is -1.55. The number of nitrogens with one attached hydrogen (secondary N) is 1. The van der Waals surface area contributed by atoms with E-state index in [1.165, 1.54) is 0 Å². The van der Waals surface area contributed by atoms with E-state index in [0.29, 0.717) is 5.75 Å². The standard InChI is InChI=1S/C13H17ClN2O2/c1-4-5-15-16-12(17)8-18-11-6-9(2)13(14)10(3)7-11/h5-7H,4,8H2,1-3H3,(H,16,17). The van der Waals surface area contributed by atoms with Crippen LogP contribution in [0.3, 0.4) is 0 Å². The van der Waals surface area contributed by atoms with Crippen LogP contribution in [-0.4, -0.2) is 18.7 Å². The minimum absolute atomic E-state index is 0.0679. The lowest BCUT2D eigenvalue weighted by Crippen LogP contribution is -2.24. The molecule has 4 nitrogen and oxygen atoms in total. The van der Waals surface area contributed by atoms with E-state index >= 15 is 0 Å². The fourth-order valence-electron chi connectivity index (χ4n) is 1.38. The van der Waals surface area contributed by atoms with E-state index in [2.05, 4.69) is 10.5 Å². The minimum atomic E-state index is -0.287. The molecule has 98 valence electrons. The molecular formula is C13H17ClN2O2. The largest absolute Gasteiger partial charge is 0.484 e. The molecule has 18 heavy (non-hydrogen) atoms. The Kier molecular flexibility index (Phi) is 5.65. The van der Waals surface area contributed by atoms with Crippen molar-refractivity contribution in [3.63, 3.8) is 0 Å². The van der Waals surface area contributed by atoms with Gasteiger partial charge in [-0.05, 0) is 43.5 Å². The number of hydrazone groups is 1. The molecule has 0 saturated heterocycles. The predicted octanol–water partition coefficient (Wildman–Crippen LogP) is 2.85. The van der Waals surface area contributed by atoms with Crippen LogP contribution < -0.4 is 10.2 Å². The molecule has 0 atom stereocenters. The average Bonchev–Trinajstić information content (AvgIpc) is 2.33. The third kappa shape index (κ3) is 4.37. The van der Waals surface area contributed by atoms with Crippen LogP contribution in [0.15, 0.2) is 17.2 Å². The van der Waals surface area contributed by atoms with E-state index in [9.17, 15) is 4.79 Å². The third-order valence-corrected chi connectivity index (χ3v) is 2.84. The maximum atomic E-state index is 11.4. The number of benzene rings is 1. The number of nitrogens with zero attached hydrogens (tertiary/aromatic N) is 1. The number of hydrogen-bond acceptors (Lipinski definition) is 3. The Labute approximate surface area is 112 Å². The van der Waals surface area contributed by atoms with Crippen LogP contribution in [0.4, 0.5) is 0 Å². The number of carbonyl (C=O) groups excluding carboxylic acids is 1. The zero-order valence-electron chi connectivity index (χ0n) is 10.8. The van der Waals surface area contributed by atoms with E-state index in [0.717, 1.165) is 22.6 Å². The lowest BCUT2D eigenvalue weighted by Gasteiger charge is -2.09. The van der Waals surface area contributed by atoms with Gasteiger partial charge >= 0.3 is 0 Å². The number of ether oxygens (including phenoxy) is 1. The highest BCUT2D eigenvalue weighted by Gasteiger charge is 2.05. The summed E-state index contributed by atoms with van der Waals surface area (Å²) in [6.45, 7) is 5.66. The number of amides is 1. The van der Waals surface area contributed by atoms with Crippen molar-refractivity contribution in [1.82, 2.24) is 5.43 Å². The van der Waals surface area contributed by atoms with Crippen LogP contribution in [-0.2, 0) is 4.79 Å². The van der Waals surface area contributed by atoms with E-state index in [1.807, 2.05) is 20.8 Å². The fourth-order valence-corrected chi connectivity index (χ4v) is 1.49. The summed E-state index contributed by atoms with van der Waals surface area (Å²) in [7, 11) is 0. The van der Waals surface area contributed by atoms with Crippen LogP contribution in [0.5, 0.6) is 5.75 Å². The van der Waals surface area contributed by atoms with Gasteiger partial charge in [0.1, 0.15) is 5.75 Å². The first kappa shape index (κ1) is 14.5. The van der Waals surface area contributed by atoms with Crippen LogP contribution >= 0.6 is 11.6 Å². The molecule has 1 amide bonds. The predicted molar refractivity (Wildman–Crippen MR) is 73.3 cm³/mol. The molecule has 1 N–H and O–H groups in total. The monoisotopic (exact) mass is 268 g/mol. The zero-order valence-corrected chi connectivity index (χ0v) is 11.5. The van der Waals surface area contributed by atoms with Crippen molar-refractivity contribution in [2.24, 2.45) is 5.10 Å². The van der Waals surface area contributed by atoms with Gasteiger partial charge in [0.25, 0.3) is 5.91 Å². The summed E-state index contributed by atoms with van der Waals surface area (Å²) < 4.78 is 5.37. The number of rotatable bonds is 5. The zero-order chi connectivity index (χ0) is 13.5. The lowest BCUT2D eigenvalue weighted by atomic mass is 10.1. The van der Waals surface area contributed by atoms with Gasteiger partial charge in [-0.3, -0.25) is 4.79 Å². The van der Waals surface area contributed by atoms with Gasteiger partial charge in [-0.2, -0.15) is 5.10 Å². The Morgan fingerprint density at radius 1 is 1.44 bits per heavy atom. The SMILES string of the molecule is CCC=NNC(=O)COc1cc(C)c(Cl)c(C)c1. The van der Waals surface area contributed by atoms with E-state index in [4.69, 9.17) is 16.3 Å². The lowest BCUT2D eigenvalue weighted by molar-refractivity contribution is -0.123. The van der Waals surface area contributed by atoms with Gasteiger partial charge in [-0.1, -0.05) is 18.5 Å². The summed E-state index contributed by atoms with van der Waals surface area (Å²) in [5, 5.41) is 4.45. The molecule has 0 aliphatic rings. The van der Waals surface area contributed by atoms with Gasteiger partial charge < -0.3 is 4.74 Å². The highest BCUT2D eigenvalue weighted by molar-refractivity contribution is 6.32. The molecule has 1 aromatic carbocycles. The molecule has 0 heterocycles. The smallest absolute Gasteiger partial charge is 0.277 e. The van der Waals surface area contributed by atoms with Gasteiger partial charge in [0.2, 0.25) is 0 Å². The fraction of sp³-hybridized carbons (Fsp3) is 0.385. The molecule has 0 aromatic heterocycles. The first-order chi connectivity index (χ1) is 8.54. The Morgan fingerprint density at radius 3 is 2.61 bits per heavy atom. The number of carbonyl (C=O) groups is 1. The summed E-state index contributed by atoms with van der Waals surface area (Å²) in [6, 6.07) is 3.61. The number of halogens is 1. The third-order valence-electron chi connectivity index (χ3n) is 2.24. The highest BCUT2D eigenvalue weighted by Crippen LogP contribution is 2.25. The minimum Gasteiger partial charge on any atom is -0.484 e. The second-order valence-corrected chi connectivity index (χ2v) is 4.29. The summed E-state index contributed by atoms with van der Waals surface area (Å²) in [6.07, 6.45) is 2.39. The maximum absolute atomic E-state index is 11.4. The molecule has 0 unspecified atom stereocenters. The summed E-state index contributed by atoms with van der Waals surface area (Å²) >= 11 is 6.04. The molecule has 0 aliphatic carbocycles. The average molecular weight is 269 g/mol. The number of aryl methyl sites for hydroxylation is 2. The van der Waals surface area contributed by atoms with E-state index in [-0.39, 0.29) is 12.5 Å². The molecule has 0 saturated carbocycles. The summed E-state index contributed by atoms with van der Waals surface area (Å²) in [4.78, 5) is 11.4. The quantitative estimate of drug-likeness (QED) is 0.659. The van der Waals surface area contributed by atoms with Gasteiger partial charge in [-0.25, -0.2) is 5.43 Å². The summed E-state index contributed by atoms with van der Waals surface area (Å²) in [5.74, 6) is 0.342. The molecule has 1 rings (SSSR count). The maximum Gasteiger partial charge on any atom is 0.277 e. The van der Waals surface area contributed by atoms with Crippen molar-refractivity contribution in [3.05, 3.63) is 28.3 Å². The van der Waals surface area contributed by atoms with E-state index < -0.39 is 0 Å². The van der Waals surface area contributed by atoms with E-state index in [1.54, 1.807) is 18.3 Å². The van der Waals surface area contributed by atoms with Crippen LogP contribution in [0.25, 0.3) is 0 Å². The Morgan fingerprint density at radius 2 is 2.06 bits per heavy atom. The van der Waals surface area contributed by atoms with Crippen molar-refractivity contribution in [1.29, 1.82) is 0 Å². The normalized spacial score (nSPS) is 10.7. The molecule has 5 heteroatoms. The van der Waals surface area contributed by atoms with Crippen LogP contribution in [0.1, 0.15) is 24.5 Å². The number of hydrogen-bond donors (Lipinski definition) is 1. The first-order valence-corrected chi connectivity index (χ1v) is 6.12. The van der Waals surface area contributed by atoms with Crippen molar-refractivity contribution < 1.29 is 9.53 Å². The Balaban J connectivity index is 2.53. The van der Waals surface area contributed by atoms with Gasteiger partial charge in [0.05, 0.1) is 0 Å². The Bertz CT molecular complexity index is 435. The molecule has 0 bridgehead atoms. The second-order valence-electron chi connectivity index (χ2n) is 3.91. The molecular weight excluding hydrogens is 252 g/mol. The molecule has 0 spiro atoms. The van der Waals surface area contributed by atoms with Gasteiger partial charge in [-0.15, -0.1) is 0 Å². The highest BCUT2D eigenvalue weighted by atomic mass is 35.5. The summed E-state index contributed by atoms with van der Waals surface area (Å²) in [5.41, 5.74) is 4.23. The van der Waals surface area contributed by atoms with Crippen molar-refractivity contribution in [2.45, 2.75) is 27.2 Å². The molecule has 0 fully saturated rings. The topological polar surface area (TPSA) is 50.7 Å². The molecule has 0 aliphatic heterocycles. The van der Waals surface area contributed by atoms with Crippen molar-refractivity contribution in [3.8, 4) is 5.75 Å². The van der Waals surface area contributed by atoms with Crippen LogP contribution in [0, 0.1) is 13.8 Å². The molecule has 0 radical (unpaired) electrons. The van der Waals surface area contributed by atoms with Gasteiger partial charge in [0.15, 0.2) is 6.61 Å². The molecule has 1 aromatic rings. The van der Waals surface area contributed by atoms with Crippen molar-refractivity contribution >= 4 is 23.7 Å². The van der Waals surface area contributed by atoms with Crippen LogP contribution in [0.2, 0.25) is 5.02 Å².